The van der Waals surface area contributed by atoms with Gasteiger partial charge in [-0.05, 0) is 37.0 Å². The molecule has 1 atom stereocenters. The monoisotopic (exact) mass is 292 g/mol. The third-order valence-electron chi connectivity index (χ3n) is 3.72. The Balaban J connectivity index is 1.76. The minimum Gasteiger partial charge on any atom is -0.489 e. The minimum absolute atomic E-state index is 0.0530. The second kappa shape index (κ2) is 6.35. The lowest BCUT2D eigenvalue weighted by Gasteiger charge is -2.16. The van der Waals surface area contributed by atoms with Crippen LogP contribution in [-0.4, -0.2) is 39.0 Å². The van der Waals surface area contributed by atoms with Gasteiger partial charge in [0.25, 0.3) is 0 Å². The van der Waals surface area contributed by atoms with Gasteiger partial charge in [0, 0.05) is 6.42 Å². The molecule has 3 rings (SSSR count). The molecule has 114 valence electrons. The maximum atomic E-state index is 11.6. The topological polar surface area (TPSA) is 54.0 Å². The van der Waals surface area contributed by atoms with Gasteiger partial charge in [-0.2, -0.15) is 0 Å². The SMILES string of the molecule is COC(=O)c1ccc(OC2CCOC2)c(OCC2CC2)c1. The fourth-order valence-electron chi connectivity index (χ4n) is 2.24. The van der Waals surface area contributed by atoms with Gasteiger partial charge in [-0.25, -0.2) is 4.79 Å². The van der Waals surface area contributed by atoms with Gasteiger partial charge in [0.2, 0.25) is 0 Å². The Morgan fingerprint density at radius 1 is 1.29 bits per heavy atom. The summed E-state index contributed by atoms with van der Waals surface area (Å²) in [5.74, 6) is 1.53. The normalized spacial score (nSPS) is 21.1. The van der Waals surface area contributed by atoms with E-state index in [1.807, 2.05) is 0 Å². The average Bonchev–Trinajstić information content (AvgIpc) is 3.20. The molecule has 1 aromatic carbocycles. The third-order valence-corrected chi connectivity index (χ3v) is 3.72. The van der Waals surface area contributed by atoms with Crippen molar-refractivity contribution in [3.8, 4) is 11.5 Å². The lowest BCUT2D eigenvalue weighted by atomic mass is 10.2. The van der Waals surface area contributed by atoms with Gasteiger partial charge in [0.1, 0.15) is 6.10 Å². The Bertz CT molecular complexity index is 503. The molecule has 21 heavy (non-hydrogen) atoms. The van der Waals surface area contributed by atoms with Gasteiger partial charge < -0.3 is 18.9 Å². The first-order chi connectivity index (χ1) is 10.3. The highest BCUT2D eigenvalue weighted by molar-refractivity contribution is 5.90. The molecule has 0 amide bonds. The van der Waals surface area contributed by atoms with Crippen LogP contribution in [-0.2, 0) is 9.47 Å². The summed E-state index contributed by atoms with van der Waals surface area (Å²) in [6.45, 7) is 1.99. The van der Waals surface area contributed by atoms with Crippen molar-refractivity contribution >= 4 is 5.97 Å². The molecule has 1 aliphatic heterocycles. The molecular weight excluding hydrogens is 272 g/mol. The van der Waals surface area contributed by atoms with E-state index in [1.54, 1.807) is 18.2 Å². The summed E-state index contributed by atoms with van der Waals surface area (Å²) in [5.41, 5.74) is 0.471. The van der Waals surface area contributed by atoms with Crippen molar-refractivity contribution in [1.82, 2.24) is 0 Å². The molecule has 0 spiro atoms. The third kappa shape index (κ3) is 3.67. The van der Waals surface area contributed by atoms with Crippen molar-refractivity contribution in [3.63, 3.8) is 0 Å². The van der Waals surface area contributed by atoms with Crippen LogP contribution in [0.3, 0.4) is 0 Å². The Morgan fingerprint density at radius 2 is 2.14 bits per heavy atom. The number of carbonyl (C=O) groups excluding carboxylic acids is 1. The highest BCUT2D eigenvalue weighted by Crippen LogP contribution is 2.34. The molecule has 1 saturated heterocycles. The molecule has 0 radical (unpaired) electrons. The quantitative estimate of drug-likeness (QED) is 0.754. The number of benzene rings is 1. The summed E-state index contributed by atoms with van der Waals surface area (Å²) in [5, 5.41) is 0. The number of ether oxygens (including phenoxy) is 4. The lowest BCUT2D eigenvalue weighted by Crippen LogP contribution is -2.16. The molecule has 0 aromatic heterocycles. The second-order valence-electron chi connectivity index (χ2n) is 5.51. The Morgan fingerprint density at radius 3 is 2.81 bits per heavy atom. The summed E-state index contributed by atoms with van der Waals surface area (Å²) < 4.78 is 21.8. The zero-order valence-electron chi connectivity index (χ0n) is 12.2. The zero-order valence-corrected chi connectivity index (χ0v) is 12.2. The molecule has 1 heterocycles. The standard InChI is InChI=1S/C16H20O5/c1-18-16(17)12-4-5-14(21-13-6-7-19-10-13)15(8-12)20-9-11-2-3-11/h4-5,8,11,13H,2-3,6-7,9-10H2,1H3. The van der Waals surface area contributed by atoms with Crippen molar-refractivity contribution < 1.29 is 23.7 Å². The largest absolute Gasteiger partial charge is 0.489 e. The Hall–Kier alpha value is -1.75. The van der Waals surface area contributed by atoms with Crippen LogP contribution in [0.1, 0.15) is 29.6 Å². The number of hydrogen-bond donors (Lipinski definition) is 0. The maximum absolute atomic E-state index is 11.6. The molecule has 2 aliphatic rings. The number of esters is 1. The van der Waals surface area contributed by atoms with Gasteiger partial charge in [0.15, 0.2) is 11.5 Å². The minimum atomic E-state index is -0.373. The van der Waals surface area contributed by atoms with Crippen molar-refractivity contribution in [1.29, 1.82) is 0 Å². The zero-order chi connectivity index (χ0) is 14.7. The fourth-order valence-corrected chi connectivity index (χ4v) is 2.24. The smallest absolute Gasteiger partial charge is 0.337 e. The van der Waals surface area contributed by atoms with E-state index in [2.05, 4.69) is 0 Å². The summed E-state index contributed by atoms with van der Waals surface area (Å²) in [7, 11) is 1.37. The number of methoxy groups -OCH3 is 1. The molecule has 0 bridgehead atoms. The van der Waals surface area contributed by atoms with Crippen LogP contribution in [0, 0.1) is 5.92 Å². The summed E-state index contributed by atoms with van der Waals surface area (Å²) in [6.07, 6.45) is 3.35. The van der Waals surface area contributed by atoms with Gasteiger partial charge >= 0.3 is 5.97 Å². The molecule has 1 aromatic rings. The highest BCUT2D eigenvalue weighted by atomic mass is 16.6. The van der Waals surface area contributed by atoms with Crippen LogP contribution in [0.15, 0.2) is 18.2 Å². The molecule has 2 fully saturated rings. The first-order valence-corrected chi connectivity index (χ1v) is 7.36. The van der Waals surface area contributed by atoms with E-state index in [4.69, 9.17) is 18.9 Å². The van der Waals surface area contributed by atoms with E-state index in [0.29, 0.717) is 36.2 Å². The summed E-state index contributed by atoms with van der Waals surface area (Å²) in [4.78, 5) is 11.6. The van der Waals surface area contributed by atoms with Gasteiger partial charge in [0.05, 0.1) is 32.5 Å². The fraction of sp³-hybridized carbons (Fsp3) is 0.562. The summed E-state index contributed by atoms with van der Waals surface area (Å²) >= 11 is 0. The Labute approximate surface area is 124 Å². The van der Waals surface area contributed by atoms with E-state index in [9.17, 15) is 4.79 Å². The van der Waals surface area contributed by atoms with Gasteiger partial charge in [-0.1, -0.05) is 0 Å². The number of hydrogen-bond acceptors (Lipinski definition) is 5. The molecule has 1 saturated carbocycles. The first-order valence-electron chi connectivity index (χ1n) is 7.36. The predicted molar refractivity (Wildman–Crippen MR) is 75.9 cm³/mol. The Kier molecular flexibility index (Phi) is 4.29. The van der Waals surface area contributed by atoms with Crippen LogP contribution in [0.5, 0.6) is 11.5 Å². The number of carbonyl (C=O) groups is 1. The van der Waals surface area contributed by atoms with Crippen molar-refractivity contribution in [2.24, 2.45) is 5.92 Å². The number of rotatable bonds is 6. The molecule has 5 heteroatoms. The van der Waals surface area contributed by atoms with Crippen LogP contribution in [0.25, 0.3) is 0 Å². The van der Waals surface area contributed by atoms with Gasteiger partial charge in [-0.15, -0.1) is 0 Å². The van der Waals surface area contributed by atoms with E-state index in [-0.39, 0.29) is 12.1 Å². The molecule has 5 nitrogen and oxygen atoms in total. The van der Waals surface area contributed by atoms with Crippen molar-refractivity contribution in [3.05, 3.63) is 23.8 Å². The van der Waals surface area contributed by atoms with Crippen LogP contribution in [0.2, 0.25) is 0 Å². The average molecular weight is 292 g/mol. The van der Waals surface area contributed by atoms with Crippen LogP contribution in [0.4, 0.5) is 0 Å². The van der Waals surface area contributed by atoms with Crippen molar-refractivity contribution in [2.45, 2.75) is 25.4 Å². The maximum Gasteiger partial charge on any atom is 0.337 e. The van der Waals surface area contributed by atoms with E-state index in [0.717, 1.165) is 13.0 Å². The molecular formula is C16H20O5. The van der Waals surface area contributed by atoms with Crippen LogP contribution < -0.4 is 9.47 Å². The highest BCUT2D eigenvalue weighted by Gasteiger charge is 2.24. The molecule has 0 N–H and O–H groups in total. The van der Waals surface area contributed by atoms with E-state index in [1.165, 1.54) is 20.0 Å². The van der Waals surface area contributed by atoms with Gasteiger partial charge in [-0.3, -0.25) is 0 Å². The summed E-state index contributed by atoms with van der Waals surface area (Å²) in [6, 6.07) is 5.16. The van der Waals surface area contributed by atoms with E-state index < -0.39 is 0 Å². The molecule has 1 aliphatic carbocycles. The predicted octanol–water partition coefficient (Wildman–Crippen LogP) is 2.43. The van der Waals surface area contributed by atoms with E-state index >= 15 is 0 Å². The first kappa shape index (κ1) is 14.2. The second-order valence-corrected chi connectivity index (χ2v) is 5.51. The van der Waals surface area contributed by atoms with Crippen LogP contribution >= 0.6 is 0 Å². The lowest BCUT2D eigenvalue weighted by molar-refractivity contribution is 0.0600. The van der Waals surface area contributed by atoms with Crippen molar-refractivity contribution in [2.75, 3.05) is 26.9 Å². The molecule has 1 unspecified atom stereocenters.